The van der Waals surface area contributed by atoms with Gasteiger partial charge in [-0.05, 0) is 45.0 Å². The van der Waals surface area contributed by atoms with E-state index in [4.69, 9.17) is 9.72 Å². The van der Waals surface area contributed by atoms with E-state index < -0.39 is 6.10 Å². The predicted octanol–water partition coefficient (Wildman–Crippen LogP) is 3.59. The highest BCUT2D eigenvalue weighted by atomic mass is 16.5. The molecule has 0 aliphatic carbocycles. The van der Waals surface area contributed by atoms with Crippen molar-refractivity contribution in [3.63, 3.8) is 0 Å². The number of aliphatic hydroxyl groups excluding tert-OH is 1. The van der Waals surface area contributed by atoms with Gasteiger partial charge in [-0.1, -0.05) is 30.3 Å². The minimum Gasteiger partial charge on any atom is -0.491 e. The van der Waals surface area contributed by atoms with Gasteiger partial charge in [0.15, 0.2) is 0 Å². The third-order valence-corrected chi connectivity index (χ3v) is 5.56. The Kier molecular flexibility index (Phi) is 5.52. The van der Waals surface area contributed by atoms with Crippen LogP contribution in [0.15, 0.2) is 54.6 Å². The Bertz CT molecular complexity index is 1020. The first-order valence-electron chi connectivity index (χ1n) is 10.4. The van der Waals surface area contributed by atoms with Crippen LogP contribution in [0.1, 0.15) is 38.9 Å². The molecular formula is C24H29N3O3. The molecule has 6 heteroatoms. The number of rotatable bonds is 6. The van der Waals surface area contributed by atoms with Crippen molar-refractivity contribution in [3.05, 3.63) is 60.4 Å². The van der Waals surface area contributed by atoms with Crippen LogP contribution in [0, 0.1) is 0 Å². The maximum atomic E-state index is 12.6. The quantitative estimate of drug-likeness (QED) is 0.678. The fourth-order valence-electron chi connectivity index (χ4n) is 4.10. The van der Waals surface area contributed by atoms with Crippen LogP contribution in [0.2, 0.25) is 0 Å². The lowest BCUT2D eigenvalue weighted by molar-refractivity contribution is -0.131. The molecule has 1 aromatic heterocycles. The molecule has 2 aromatic carbocycles. The van der Waals surface area contributed by atoms with Gasteiger partial charge in [0, 0.05) is 24.4 Å². The van der Waals surface area contributed by atoms with Gasteiger partial charge in [-0.3, -0.25) is 4.79 Å². The Labute approximate surface area is 177 Å². The molecule has 158 valence electrons. The summed E-state index contributed by atoms with van der Waals surface area (Å²) in [4.78, 5) is 19.4. The number of benzene rings is 2. The fourth-order valence-corrected chi connectivity index (χ4v) is 4.10. The second-order valence-corrected chi connectivity index (χ2v) is 8.92. The molecule has 0 spiro atoms. The topological polar surface area (TPSA) is 67.6 Å². The summed E-state index contributed by atoms with van der Waals surface area (Å²) >= 11 is 0. The first-order valence-corrected chi connectivity index (χ1v) is 10.4. The number of hydrogen-bond donors (Lipinski definition) is 1. The van der Waals surface area contributed by atoms with Crippen LogP contribution < -0.4 is 4.74 Å². The normalized spacial score (nSPS) is 18.2. The van der Waals surface area contributed by atoms with Crippen LogP contribution in [0.25, 0.3) is 11.0 Å². The van der Waals surface area contributed by atoms with Gasteiger partial charge in [-0.25, -0.2) is 4.98 Å². The summed E-state index contributed by atoms with van der Waals surface area (Å²) in [6.07, 6.45) is -0.255. The zero-order valence-electron chi connectivity index (χ0n) is 17.8. The number of hydrogen-bond acceptors (Lipinski definition) is 4. The summed E-state index contributed by atoms with van der Waals surface area (Å²) in [5, 5.41) is 10.7. The number of aromatic nitrogens is 2. The van der Waals surface area contributed by atoms with Crippen LogP contribution in [-0.4, -0.2) is 50.3 Å². The molecule has 1 saturated heterocycles. The third kappa shape index (κ3) is 4.19. The number of amides is 1. The lowest BCUT2D eigenvalue weighted by Gasteiger charge is -2.32. The molecule has 1 N–H and O–H groups in total. The van der Waals surface area contributed by atoms with Gasteiger partial charge in [-0.15, -0.1) is 0 Å². The number of carbonyl (C=O) groups excluding carboxylic acids is 1. The Morgan fingerprint density at radius 1 is 1.13 bits per heavy atom. The van der Waals surface area contributed by atoms with Crippen molar-refractivity contribution < 1.29 is 14.6 Å². The van der Waals surface area contributed by atoms with Gasteiger partial charge in [0.25, 0.3) is 0 Å². The zero-order chi connectivity index (χ0) is 21.3. The molecule has 1 amide bonds. The van der Waals surface area contributed by atoms with E-state index in [1.54, 1.807) is 0 Å². The van der Waals surface area contributed by atoms with Crippen LogP contribution in [-0.2, 0) is 11.3 Å². The van der Waals surface area contributed by atoms with Crippen LogP contribution in [0.4, 0.5) is 0 Å². The molecule has 1 aliphatic rings. The Morgan fingerprint density at radius 3 is 2.53 bits per heavy atom. The van der Waals surface area contributed by atoms with Gasteiger partial charge in [0.1, 0.15) is 24.3 Å². The lowest BCUT2D eigenvalue weighted by atomic mass is 10.1. The van der Waals surface area contributed by atoms with E-state index in [-0.39, 0.29) is 24.0 Å². The predicted molar refractivity (Wildman–Crippen MR) is 117 cm³/mol. The number of likely N-dealkylation sites (tertiary alicyclic amines) is 1. The van der Waals surface area contributed by atoms with Gasteiger partial charge >= 0.3 is 0 Å². The second kappa shape index (κ2) is 8.11. The molecule has 2 atom stereocenters. The molecule has 1 fully saturated rings. The molecule has 0 bridgehead atoms. The molecule has 0 radical (unpaired) electrons. The Hall–Kier alpha value is -2.86. The minimum atomic E-state index is -0.697. The van der Waals surface area contributed by atoms with E-state index >= 15 is 0 Å². The number of para-hydroxylation sites is 3. The average Bonchev–Trinajstić information content (AvgIpc) is 3.28. The first-order chi connectivity index (χ1) is 14.3. The van der Waals surface area contributed by atoms with Crippen molar-refractivity contribution in [2.24, 2.45) is 0 Å². The summed E-state index contributed by atoms with van der Waals surface area (Å²) in [6, 6.07) is 17.4. The van der Waals surface area contributed by atoms with Crippen molar-refractivity contribution >= 4 is 16.9 Å². The minimum absolute atomic E-state index is 0.00590. The van der Waals surface area contributed by atoms with E-state index in [0.29, 0.717) is 19.5 Å². The maximum Gasteiger partial charge on any atom is 0.223 e. The third-order valence-electron chi connectivity index (χ3n) is 5.56. The molecular weight excluding hydrogens is 378 g/mol. The zero-order valence-corrected chi connectivity index (χ0v) is 17.8. The summed E-state index contributed by atoms with van der Waals surface area (Å²) in [5.74, 6) is 1.75. The smallest absolute Gasteiger partial charge is 0.223 e. The number of nitrogens with zero attached hydrogens (tertiary/aromatic N) is 3. The SMILES string of the molecule is CC(C)(C)N1C[C@H](c2nc3ccccc3n2C[C@@H](O)COc2ccccc2)CC1=O. The molecule has 0 unspecified atom stereocenters. The summed E-state index contributed by atoms with van der Waals surface area (Å²) in [6.45, 7) is 7.36. The number of ether oxygens (including phenoxy) is 1. The summed E-state index contributed by atoms with van der Waals surface area (Å²) in [7, 11) is 0. The van der Waals surface area contributed by atoms with Gasteiger partial charge < -0.3 is 19.3 Å². The molecule has 4 rings (SSSR count). The summed E-state index contributed by atoms with van der Waals surface area (Å²) in [5.41, 5.74) is 1.63. The van der Waals surface area contributed by atoms with E-state index in [2.05, 4.69) is 25.3 Å². The molecule has 0 saturated carbocycles. The van der Waals surface area contributed by atoms with Crippen molar-refractivity contribution in [2.45, 2.75) is 51.3 Å². The van der Waals surface area contributed by atoms with Crippen molar-refractivity contribution in [2.75, 3.05) is 13.2 Å². The molecule has 1 aliphatic heterocycles. The number of fused-ring (bicyclic) bond motifs is 1. The van der Waals surface area contributed by atoms with Gasteiger partial charge in [0.05, 0.1) is 17.6 Å². The summed E-state index contributed by atoms with van der Waals surface area (Å²) < 4.78 is 7.78. The number of aliphatic hydroxyl groups is 1. The Morgan fingerprint density at radius 2 is 1.83 bits per heavy atom. The average molecular weight is 408 g/mol. The van der Waals surface area contributed by atoms with E-state index in [1.165, 1.54) is 0 Å². The molecule has 30 heavy (non-hydrogen) atoms. The van der Waals surface area contributed by atoms with Crippen LogP contribution >= 0.6 is 0 Å². The monoisotopic (exact) mass is 407 g/mol. The fraction of sp³-hybridized carbons (Fsp3) is 0.417. The largest absolute Gasteiger partial charge is 0.491 e. The van der Waals surface area contributed by atoms with Gasteiger partial charge in [0.2, 0.25) is 5.91 Å². The van der Waals surface area contributed by atoms with Gasteiger partial charge in [-0.2, -0.15) is 0 Å². The van der Waals surface area contributed by atoms with E-state index in [9.17, 15) is 9.90 Å². The standard InChI is InChI=1S/C24H29N3O3/c1-24(2,3)27-14-17(13-22(27)29)23-25-20-11-7-8-12-21(20)26(23)15-18(28)16-30-19-9-5-4-6-10-19/h4-12,17-18,28H,13-16H2,1-3H3/t17-,18-/m1/s1. The van der Waals surface area contributed by atoms with Crippen molar-refractivity contribution in [1.29, 1.82) is 0 Å². The lowest BCUT2D eigenvalue weighted by Crippen LogP contribution is -2.42. The molecule has 6 nitrogen and oxygen atoms in total. The number of carbonyl (C=O) groups is 1. The number of imidazole rings is 1. The highest BCUT2D eigenvalue weighted by molar-refractivity contribution is 5.81. The second-order valence-electron chi connectivity index (χ2n) is 8.92. The maximum absolute atomic E-state index is 12.6. The van der Waals surface area contributed by atoms with Crippen molar-refractivity contribution in [1.82, 2.24) is 14.5 Å². The van der Waals surface area contributed by atoms with E-state index in [0.717, 1.165) is 22.6 Å². The highest BCUT2D eigenvalue weighted by Gasteiger charge is 2.39. The van der Waals surface area contributed by atoms with Crippen LogP contribution in [0.5, 0.6) is 5.75 Å². The Balaban J connectivity index is 1.57. The van der Waals surface area contributed by atoms with E-state index in [1.807, 2.05) is 59.5 Å². The highest BCUT2D eigenvalue weighted by Crippen LogP contribution is 2.34. The molecule has 3 aromatic rings. The molecule has 2 heterocycles. The van der Waals surface area contributed by atoms with Crippen LogP contribution in [0.3, 0.4) is 0 Å². The van der Waals surface area contributed by atoms with Crippen molar-refractivity contribution in [3.8, 4) is 5.75 Å². The first kappa shape index (κ1) is 20.4.